The molecule has 2 saturated heterocycles. The van der Waals surface area contributed by atoms with Crippen LogP contribution in [0.4, 0.5) is 0 Å². The van der Waals surface area contributed by atoms with Crippen molar-refractivity contribution >= 4 is 0 Å². The summed E-state index contributed by atoms with van der Waals surface area (Å²) >= 11 is 0. The fourth-order valence-electron chi connectivity index (χ4n) is 4.81. The van der Waals surface area contributed by atoms with E-state index in [4.69, 9.17) is 5.73 Å². The Kier molecular flexibility index (Phi) is 5.36. The van der Waals surface area contributed by atoms with E-state index in [2.05, 4.69) is 9.80 Å². The molecule has 0 aromatic carbocycles. The van der Waals surface area contributed by atoms with Crippen molar-refractivity contribution in [1.82, 2.24) is 9.80 Å². The zero-order chi connectivity index (χ0) is 13.8. The second-order valence-corrected chi connectivity index (χ2v) is 7.24. The Labute approximate surface area is 124 Å². The smallest absolute Gasteiger partial charge is 0.0247 e. The van der Waals surface area contributed by atoms with Crippen LogP contribution in [0.25, 0.3) is 0 Å². The van der Waals surface area contributed by atoms with E-state index in [1.165, 1.54) is 84.0 Å². The highest BCUT2D eigenvalue weighted by Gasteiger charge is 2.35. The monoisotopic (exact) mass is 279 g/mol. The van der Waals surface area contributed by atoms with Gasteiger partial charge in [0, 0.05) is 31.7 Å². The first-order valence-corrected chi connectivity index (χ1v) is 9.06. The van der Waals surface area contributed by atoms with Crippen LogP contribution in [0.3, 0.4) is 0 Å². The zero-order valence-electron chi connectivity index (χ0n) is 13.1. The fourth-order valence-corrected chi connectivity index (χ4v) is 4.81. The van der Waals surface area contributed by atoms with E-state index >= 15 is 0 Å². The van der Waals surface area contributed by atoms with E-state index in [0.29, 0.717) is 6.04 Å². The Balaban J connectivity index is 1.54. The number of rotatable bonds is 4. The summed E-state index contributed by atoms with van der Waals surface area (Å²) in [5.41, 5.74) is 6.15. The highest BCUT2D eigenvalue weighted by atomic mass is 15.3. The van der Waals surface area contributed by atoms with Gasteiger partial charge in [-0.2, -0.15) is 0 Å². The minimum absolute atomic E-state index is 0.671. The Morgan fingerprint density at radius 3 is 2.25 bits per heavy atom. The molecule has 2 heterocycles. The van der Waals surface area contributed by atoms with Crippen LogP contribution in [-0.2, 0) is 0 Å². The highest BCUT2D eigenvalue weighted by molar-refractivity contribution is 4.91. The molecule has 0 radical (unpaired) electrons. The molecule has 0 aromatic heterocycles. The van der Waals surface area contributed by atoms with Gasteiger partial charge in [0.1, 0.15) is 0 Å². The third-order valence-electron chi connectivity index (χ3n) is 6.01. The van der Waals surface area contributed by atoms with Crippen LogP contribution in [-0.4, -0.2) is 54.6 Å². The number of nitrogens with zero attached hydrogens (tertiary/aromatic N) is 2. The van der Waals surface area contributed by atoms with Gasteiger partial charge in [-0.1, -0.05) is 25.7 Å². The lowest BCUT2D eigenvalue weighted by Crippen LogP contribution is -2.47. The van der Waals surface area contributed by atoms with E-state index in [1.54, 1.807) is 0 Å². The summed E-state index contributed by atoms with van der Waals surface area (Å²) in [6.07, 6.45) is 12.8. The predicted molar refractivity (Wildman–Crippen MR) is 84.8 cm³/mol. The SMILES string of the molecule is NCC(C1CCCCC1)N1CCC(N2CCCCC2)C1. The summed E-state index contributed by atoms with van der Waals surface area (Å²) in [6.45, 7) is 6.14. The first kappa shape index (κ1) is 14.8. The van der Waals surface area contributed by atoms with E-state index in [9.17, 15) is 0 Å². The average molecular weight is 279 g/mol. The molecule has 2 unspecified atom stereocenters. The van der Waals surface area contributed by atoms with Gasteiger partial charge in [0.2, 0.25) is 0 Å². The molecular formula is C17H33N3. The first-order valence-electron chi connectivity index (χ1n) is 9.06. The van der Waals surface area contributed by atoms with Gasteiger partial charge in [0.15, 0.2) is 0 Å². The Morgan fingerprint density at radius 1 is 0.850 bits per heavy atom. The van der Waals surface area contributed by atoms with Crippen molar-refractivity contribution < 1.29 is 0 Å². The molecule has 0 bridgehead atoms. The zero-order valence-corrected chi connectivity index (χ0v) is 13.1. The Morgan fingerprint density at radius 2 is 1.55 bits per heavy atom. The molecule has 2 aliphatic heterocycles. The topological polar surface area (TPSA) is 32.5 Å². The molecule has 2 atom stereocenters. The number of hydrogen-bond acceptors (Lipinski definition) is 3. The summed E-state index contributed by atoms with van der Waals surface area (Å²) in [5, 5.41) is 0. The van der Waals surface area contributed by atoms with Crippen LogP contribution in [0, 0.1) is 5.92 Å². The molecule has 1 saturated carbocycles. The molecule has 3 nitrogen and oxygen atoms in total. The molecule has 116 valence electrons. The van der Waals surface area contributed by atoms with Crippen molar-refractivity contribution in [2.75, 3.05) is 32.7 Å². The summed E-state index contributed by atoms with van der Waals surface area (Å²) in [7, 11) is 0. The van der Waals surface area contributed by atoms with Crippen LogP contribution >= 0.6 is 0 Å². The molecule has 1 aliphatic carbocycles. The number of piperidine rings is 1. The number of likely N-dealkylation sites (tertiary alicyclic amines) is 2. The number of hydrogen-bond donors (Lipinski definition) is 1. The molecule has 3 rings (SSSR count). The van der Waals surface area contributed by atoms with Crippen LogP contribution in [0.5, 0.6) is 0 Å². The van der Waals surface area contributed by atoms with Crippen LogP contribution in [0.2, 0.25) is 0 Å². The van der Waals surface area contributed by atoms with Crippen molar-refractivity contribution in [2.45, 2.75) is 69.9 Å². The quantitative estimate of drug-likeness (QED) is 0.858. The molecule has 2 N–H and O–H groups in total. The minimum atomic E-state index is 0.671. The second-order valence-electron chi connectivity index (χ2n) is 7.24. The van der Waals surface area contributed by atoms with Gasteiger partial charge in [-0.05, 0) is 51.1 Å². The number of nitrogens with two attached hydrogens (primary N) is 1. The summed E-state index contributed by atoms with van der Waals surface area (Å²) in [6, 6.07) is 1.50. The van der Waals surface area contributed by atoms with Crippen LogP contribution in [0.1, 0.15) is 57.8 Å². The average Bonchev–Trinajstić information content (AvgIpc) is 3.00. The van der Waals surface area contributed by atoms with E-state index in [-0.39, 0.29) is 0 Å². The van der Waals surface area contributed by atoms with E-state index in [1.807, 2.05) is 0 Å². The van der Waals surface area contributed by atoms with Gasteiger partial charge >= 0.3 is 0 Å². The third kappa shape index (κ3) is 3.37. The van der Waals surface area contributed by atoms with Gasteiger partial charge < -0.3 is 5.73 Å². The standard InChI is InChI=1S/C17H33N3/c18-13-17(15-7-3-1-4-8-15)20-12-9-16(14-20)19-10-5-2-6-11-19/h15-17H,1-14,18H2. The lowest BCUT2D eigenvalue weighted by molar-refractivity contribution is 0.121. The molecule has 0 aromatic rings. The third-order valence-corrected chi connectivity index (χ3v) is 6.01. The van der Waals surface area contributed by atoms with Crippen molar-refractivity contribution in [1.29, 1.82) is 0 Å². The van der Waals surface area contributed by atoms with Gasteiger partial charge in [0.25, 0.3) is 0 Å². The molecular weight excluding hydrogens is 246 g/mol. The predicted octanol–water partition coefficient (Wildman–Crippen LogP) is 2.45. The van der Waals surface area contributed by atoms with Crippen molar-refractivity contribution in [3.8, 4) is 0 Å². The van der Waals surface area contributed by atoms with E-state index in [0.717, 1.165) is 18.5 Å². The summed E-state index contributed by atoms with van der Waals surface area (Å²) in [4.78, 5) is 5.51. The van der Waals surface area contributed by atoms with Gasteiger partial charge in [0.05, 0.1) is 0 Å². The van der Waals surface area contributed by atoms with E-state index < -0.39 is 0 Å². The Hall–Kier alpha value is -0.120. The molecule has 3 heteroatoms. The molecule has 3 fully saturated rings. The lowest BCUT2D eigenvalue weighted by atomic mass is 9.83. The second kappa shape index (κ2) is 7.24. The van der Waals surface area contributed by atoms with Gasteiger partial charge in [-0.3, -0.25) is 9.80 Å². The first-order chi connectivity index (χ1) is 9.88. The summed E-state index contributed by atoms with van der Waals surface area (Å²) < 4.78 is 0. The summed E-state index contributed by atoms with van der Waals surface area (Å²) in [5.74, 6) is 0.883. The fraction of sp³-hybridized carbons (Fsp3) is 1.00. The maximum absolute atomic E-state index is 6.15. The Bertz CT molecular complexity index is 282. The molecule has 0 spiro atoms. The molecule has 20 heavy (non-hydrogen) atoms. The van der Waals surface area contributed by atoms with Crippen molar-refractivity contribution in [3.63, 3.8) is 0 Å². The van der Waals surface area contributed by atoms with Crippen LogP contribution < -0.4 is 5.73 Å². The lowest BCUT2D eigenvalue weighted by Gasteiger charge is -2.37. The maximum Gasteiger partial charge on any atom is 0.0247 e. The maximum atomic E-state index is 6.15. The normalized spacial score (nSPS) is 32.5. The van der Waals surface area contributed by atoms with Crippen LogP contribution in [0.15, 0.2) is 0 Å². The minimum Gasteiger partial charge on any atom is -0.329 e. The highest BCUT2D eigenvalue weighted by Crippen LogP contribution is 2.31. The van der Waals surface area contributed by atoms with Crippen molar-refractivity contribution in [3.05, 3.63) is 0 Å². The largest absolute Gasteiger partial charge is 0.329 e. The molecule has 3 aliphatic rings. The molecule has 0 amide bonds. The van der Waals surface area contributed by atoms with Gasteiger partial charge in [-0.25, -0.2) is 0 Å². The van der Waals surface area contributed by atoms with Crippen molar-refractivity contribution in [2.24, 2.45) is 11.7 Å². The van der Waals surface area contributed by atoms with Gasteiger partial charge in [-0.15, -0.1) is 0 Å².